The molecule has 0 heterocycles. The largest absolute Gasteiger partial charge is 0.308 e. The summed E-state index contributed by atoms with van der Waals surface area (Å²) in [5, 5.41) is 6.81. The molecule has 2 nitrogen and oxygen atoms in total. The van der Waals surface area contributed by atoms with Gasteiger partial charge in [0.05, 0.1) is 0 Å². The highest BCUT2D eigenvalue weighted by atomic mass is 16.1. The number of allylic oxidation sites excluding steroid dienone is 2. The molecule has 9 heavy (non-hydrogen) atoms. The van der Waals surface area contributed by atoms with E-state index in [-0.39, 0.29) is 5.78 Å². The molecule has 1 aliphatic carbocycles. The van der Waals surface area contributed by atoms with Gasteiger partial charge >= 0.3 is 0 Å². The number of rotatable bonds is 1. The first-order chi connectivity index (χ1) is 4.34. The second kappa shape index (κ2) is 2.58. The third-order valence-corrected chi connectivity index (χ3v) is 1.45. The van der Waals surface area contributed by atoms with Crippen LogP contribution < -0.4 is 0 Å². The Morgan fingerprint density at radius 3 is 2.89 bits per heavy atom. The molecular formula is C7H9NO. The summed E-state index contributed by atoms with van der Waals surface area (Å²) in [4.78, 5) is 10.8. The van der Waals surface area contributed by atoms with E-state index in [0.717, 1.165) is 19.1 Å². The van der Waals surface area contributed by atoms with Gasteiger partial charge in [-0.05, 0) is 12.8 Å². The van der Waals surface area contributed by atoms with E-state index < -0.39 is 0 Å². The van der Waals surface area contributed by atoms with Crippen LogP contribution in [0.5, 0.6) is 0 Å². The maximum Gasteiger partial charge on any atom is 0.164 e. The number of ketones is 1. The van der Waals surface area contributed by atoms with Crippen LogP contribution in [-0.2, 0) is 4.79 Å². The quantitative estimate of drug-likeness (QED) is 0.525. The minimum atomic E-state index is 0.122. The summed E-state index contributed by atoms with van der Waals surface area (Å²) in [5.74, 6) is 0.122. The Kier molecular flexibility index (Phi) is 1.78. The lowest BCUT2D eigenvalue weighted by Gasteiger charge is -2.04. The lowest BCUT2D eigenvalue weighted by atomic mass is 9.99. The van der Waals surface area contributed by atoms with E-state index in [1.807, 2.05) is 6.08 Å². The number of carbonyl (C=O) groups excluding carboxylic acids is 1. The standard InChI is InChI=1S/C7H9NO/c8-5-6-3-1-2-4-7(6)9/h3,5,8H,1-2,4H2. The first-order valence-corrected chi connectivity index (χ1v) is 3.08. The molecule has 0 atom stereocenters. The van der Waals surface area contributed by atoms with Crippen molar-refractivity contribution in [1.29, 1.82) is 5.41 Å². The van der Waals surface area contributed by atoms with E-state index in [0.29, 0.717) is 12.0 Å². The van der Waals surface area contributed by atoms with Gasteiger partial charge in [-0.3, -0.25) is 4.79 Å². The molecule has 0 fully saturated rings. The zero-order valence-corrected chi connectivity index (χ0v) is 5.18. The molecule has 48 valence electrons. The zero-order chi connectivity index (χ0) is 6.69. The minimum Gasteiger partial charge on any atom is -0.308 e. The van der Waals surface area contributed by atoms with Gasteiger partial charge < -0.3 is 5.41 Å². The number of Topliss-reactive ketones (excluding diaryl/α,β-unsaturated/α-hetero) is 1. The van der Waals surface area contributed by atoms with Gasteiger partial charge in [0.15, 0.2) is 5.78 Å². The molecule has 0 spiro atoms. The third kappa shape index (κ3) is 1.25. The summed E-state index contributed by atoms with van der Waals surface area (Å²) >= 11 is 0. The number of carbonyl (C=O) groups is 1. The Hall–Kier alpha value is -0.920. The summed E-state index contributed by atoms with van der Waals surface area (Å²) in [6.45, 7) is 0. The molecule has 1 aliphatic rings. The smallest absolute Gasteiger partial charge is 0.164 e. The van der Waals surface area contributed by atoms with Gasteiger partial charge in [-0.15, -0.1) is 0 Å². The molecule has 0 aliphatic heterocycles. The molecular weight excluding hydrogens is 114 g/mol. The Morgan fingerprint density at radius 2 is 2.44 bits per heavy atom. The molecule has 1 rings (SSSR count). The summed E-state index contributed by atoms with van der Waals surface area (Å²) in [6, 6.07) is 0. The van der Waals surface area contributed by atoms with E-state index in [1.165, 1.54) is 0 Å². The fraction of sp³-hybridized carbons (Fsp3) is 0.429. The van der Waals surface area contributed by atoms with Crippen LogP contribution in [0.15, 0.2) is 11.6 Å². The van der Waals surface area contributed by atoms with Gasteiger partial charge in [-0.1, -0.05) is 6.08 Å². The summed E-state index contributed by atoms with van der Waals surface area (Å²) < 4.78 is 0. The van der Waals surface area contributed by atoms with E-state index in [1.54, 1.807) is 0 Å². The van der Waals surface area contributed by atoms with Gasteiger partial charge in [0.2, 0.25) is 0 Å². The highest BCUT2D eigenvalue weighted by Gasteiger charge is 2.09. The number of hydrogen-bond donors (Lipinski definition) is 1. The fourth-order valence-corrected chi connectivity index (χ4v) is 0.918. The lowest BCUT2D eigenvalue weighted by molar-refractivity contribution is -0.115. The molecule has 0 aromatic carbocycles. The number of nitrogens with one attached hydrogen (secondary N) is 1. The predicted molar refractivity (Wildman–Crippen MR) is 35.7 cm³/mol. The van der Waals surface area contributed by atoms with Crippen molar-refractivity contribution in [3.8, 4) is 0 Å². The van der Waals surface area contributed by atoms with Crippen molar-refractivity contribution < 1.29 is 4.79 Å². The van der Waals surface area contributed by atoms with E-state index in [9.17, 15) is 4.79 Å². The SMILES string of the molecule is N=CC1=CCCCC1=O. The van der Waals surface area contributed by atoms with Crippen LogP contribution in [0.3, 0.4) is 0 Å². The first-order valence-electron chi connectivity index (χ1n) is 3.08. The molecule has 0 unspecified atom stereocenters. The normalized spacial score (nSPS) is 19.1. The highest BCUT2D eigenvalue weighted by molar-refractivity contribution is 6.12. The third-order valence-electron chi connectivity index (χ3n) is 1.45. The summed E-state index contributed by atoms with van der Waals surface area (Å²) in [7, 11) is 0. The van der Waals surface area contributed by atoms with E-state index in [4.69, 9.17) is 5.41 Å². The van der Waals surface area contributed by atoms with Crippen molar-refractivity contribution in [3.63, 3.8) is 0 Å². The van der Waals surface area contributed by atoms with Crippen molar-refractivity contribution >= 4 is 12.0 Å². The van der Waals surface area contributed by atoms with Gasteiger partial charge in [0.25, 0.3) is 0 Å². The first kappa shape index (κ1) is 6.20. The average Bonchev–Trinajstić information content (AvgIpc) is 1.89. The molecule has 2 heteroatoms. The molecule has 0 bridgehead atoms. The van der Waals surface area contributed by atoms with E-state index in [2.05, 4.69) is 0 Å². The van der Waals surface area contributed by atoms with Gasteiger partial charge in [0.1, 0.15) is 0 Å². The lowest BCUT2D eigenvalue weighted by Crippen LogP contribution is -2.06. The van der Waals surface area contributed by atoms with Crippen LogP contribution in [-0.4, -0.2) is 12.0 Å². The average molecular weight is 123 g/mol. The van der Waals surface area contributed by atoms with Crippen molar-refractivity contribution in [2.75, 3.05) is 0 Å². The molecule has 1 N–H and O–H groups in total. The summed E-state index contributed by atoms with van der Waals surface area (Å²) in [6.07, 6.45) is 5.51. The molecule has 0 saturated carbocycles. The molecule has 0 aromatic rings. The van der Waals surface area contributed by atoms with Crippen molar-refractivity contribution in [3.05, 3.63) is 11.6 Å². The Bertz CT molecular complexity index is 170. The number of hydrogen-bond acceptors (Lipinski definition) is 2. The fourth-order valence-electron chi connectivity index (χ4n) is 0.918. The second-order valence-electron chi connectivity index (χ2n) is 2.12. The second-order valence-corrected chi connectivity index (χ2v) is 2.12. The summed E-state index contributed by atoms with van der Waals surface area (Å²) in [5.41, 5.74) is 0.584. The van der Waals surface area contributed by atoms with Crippen LogP contribution >= 0.6 is 0 Å². The van der Waals surface area contributed by atoms with Gasteiger partial charge in [-0.2, -0.15) is 0 Å². The van der Waals surface area contributed by atoms with Crippen LogP contribution in [0.2, 0.25) is 0 Å². The molecule has 0 amide bonds. The molecule has 0 saturated heterocycles. The van der Waals surface area contributed by atoms with Gasteiger partial charge in [0, 0.05) is 18.2 Å². The topological polar surface area (TPSA) is 40.9 Å². The molecule has 0 radical (unpaired) electrons. The van der Waals surface area contributed by atoms with Crippen molar-refractivity contribution in [1.82, 2.24) is 0 Å². The zero-order valence-electron chi connectivity index (χ0n) is 5.18. The van der Waals surface area contributed by atoms with Crippen LogP contribution in [0, 0.1) is 5.41 Å². The van der Waals surface area contributed by atoms with Gasteiger partial charge in [-0.25, -0.2) is 0 Å². The van der Waals surface area contributed by atoms with Crippen LogP contribution in [0.1, 0.15) is 19.3 Å². The minimum absolute atomic E-state index is 0.122. The highest BCUT2D eigenvalue weighted by Crippen LogP contribution is 2.11. The molecule has 0 aromatic heterocycles. The monoisotopic (exact) mass is 123 g/mol. The van der Waals surface area contributed by atoms with Crippen molar-refractivity contribution in [2.45, 2.75) is 19.3 Å². The Labute approximate surface area is 54.1 Å². The van der Waals surface area contributed by atoms with Crippen molar-refractivity contribution in [2.24, 2.45) is 0 Å². The maximum absolute atomic E-state index is 10.8. The Morgan fingerprint density at radius 1 is 1.67 bits per heavy atom. The van der Waals surface area contributed by atoms with Crippen LogP contribution in [0.4, 0.5) is 0 Å². The van der Waals surface area contributed by atoms with Crippen LogP contribution in [0.25, 0.3) is 0 Å². The van der Waals surface area contributed by atoms with E-state index >= 15 is 0 Å². The maximum atomic E-state index is 10.8. The Balaban J connectivity index is 2.75. The predicted octanol–water partition coefficient (Wildman–Crippen LogP) is 1.32.